The van der Waals surface area contributed by atoms with Gasteiger partial charge in [-0.3, -0.25) is 4.79 Å². The van der Waals surface area contributed by atoms with Crippen molar-refractivity contribution in [2.45, 2.75) is 51.0 Å². The van der Waals surface area contributed by atoms with Crippen LogP contribution in [0.1, 0.15) is 43.2 Å². The first-order chi connectivity index (χ1) is 15.6. The van der Waals surface area contributed by atoms with E-state index < -0.39 is 0 Å². The number of anilines is 2. The normalized spacial score (nSPS) is 18.3. The summed E-state index contributed by atoms with van der Waals surface area (Å²) in [5.41, 5.74) is 19.3. The molecule has 1 amide bonds. The Balaban J connectivity index is 1.62. The fraction of sp³-hybridized carbons (Fsp3) is 0.346. The second kappa shape index (κ2) is 8.61. The van der Waals surface area contributed by atoms with E-state index in [1.807, 2.05) is 48.5 Å². The summed E-state index contributed by atoms with van der Waals surface area (Å²) < 4.78 is 0. The maximum atomic E-state index is 13.0. The van der Waals surface area contributed by atoms with Gasteiger partial charge < -0.3 is 16.8 Å². The minimum absolute atomic E-state index is 0.0503. The number of amides is 1. The van der Waals surface area contributed by atoms with Crippen LogP contribution in [-0.2, 0) is 17.6 Å². The Kier molecular flexibility index (Phi) is 5.52. The molecule has 1 unspecified atom stereocenters. The Hall–Kier alpha value is -3.41. The first kappa shape index (κ1) is 20.5. The highest BCUT2D eigenvalue weighted by Crippen LogP contribution is 2.36. The molecule has 0 radical (unpaired) electrons. The van der Waals surface area contributed by atoms with E-state index in [1.165, 1.54) is 5.56 Å². The van der Waals surface area contributed by atoms with E-state index in [2.05, 4.69) is 15.5 Å². The molecule has 5 rings (SSSR count). The molecule has 32 heavy (non-hydrogen) atoms. The average molecular weight is 428 g/mol. The van der Waals surface area contributed by atoms with Gasteiger partial charge in [-0.25, -0.2) is 0 Å². The lowest BCUT2D eigenvalue weighted by atomic mass is 9.83. The molecule has 0 saturated heterocycles. The first-order valence-corrected chi connectivity index (χ1v) is 11.5. The number of nitrogens with zero attached hydrogens (tertiary/aromatic N) is 2. The molecule has 164 valence electrons. The van der Waals surface area contributed by atoms with Crippen molar-refractivity contribution in [3.63, 3.8) is 0 Å². The second-order valence-electron chi connectivity index (χ2n) is 9.03. The van der Waals surface area contributed by atoms with Gasteiger partial charge in [0.1, 0.15) is 0 Å². The maximum absolute atomic E-state index is 13.0. The molecule has 2 aliphatic rings. The number of aromatic nitrogens is 2. The average Bonchev–Trinajstić information content (AvgIpc) is 3.59. The van der Waals surface area contributed by atoms with Gasteiger partial charge in [0, 0.05) is 34.5 Å². The highest BCUT2D eigenvalue weighted by atomic mass is 16.2. The molecule has 3 aromatic rings. The van der Waals surface area contributed by atoms with Gasteiger partial charge in [0.2, 0.25) is 5.91 Å². The third kappa shape index (κ3) is 4.31. The van der Waals surface area contributed by atoms with Gasteiger partial charge in [-0.2, -0.15) is 0 Å². The van der Waals surface area contributed by atoms with Gasteiger partial charge in [0.05, 0.1) is 11.4 Å². The number of fused-ring (bicyclic) bond motifs is 1. The van der Waals surface area contributed by atoms with Crippen LogP contribution in [0.15, 0.2) is 48.5 Å². The lowest BCUT2D eigenvalue weighted by Gasteiger charge is -2.24. The van der Waals surface area contributed by atoms with Gasteiger partial charge in [0.25, 0.3) is 0 Å². The Labute approximate surface area is 188 Å². The monoisotopic (exact) mass is 427 g/mol. The van der Waals surface area contributed by atoms with Crippen LogP contribution < -0.4 is 16.8 Å². The quantitative estimate of drug-likeness (QED) is 0.543. The SMILES string of the molecule is Nc1ccc(-c2nnc(-c3ccc(N)cc3)c3c2CCCCC(C(=O)NC2CC2)C3)cc1. The zero-order chi connectivity index (χ0) is 22.1. The number of carbonyl (C=O) groups is 1. The van der Waals surface area contributed by atoms with Crippen molar-refractivity contribution < 1.29 is 4.79 Å². The molecule has 0 bridgehead atoms. The van der Waals surface area contributed by atoms with Gasteiger partial charge in [-0.15, -0.1) is 10.2 Å². The summed E-state index contributed by atoms with van der Waals surface area (Å²) in [6.45, 7) is 0. The molecule has 1 saturated carbocycles. The molecule has 6 nitrogen and oxygen atoms in total. The van der Waals surface area contributed by atoms with Crippen LogP contribution in [0.5, 0.6) is 0 Å². The van der Waals surface area contributed by atoms with Crippen LogP contribution in [-0.4, -0.2) is 22.1 Å². The van der Waals surface area contributed by atoms with Crippen LogP contribution in [0.4, 0.5) is 11.4 Å². The van der Waals surface area contributed by atoms with Crippen molar-refractivity contribution in [1.29, 1.82) is 0 Å². The summed E-state index contributed by atoms with van der Waals surface area (Å²) in [5.74, 6) is 0.125. The van der Waals surface area contributed by atoms with Gasteiger partial charge in [-0.05, 0) is 73.9 Å². The highest BCUT2D eigenvalue weighted by molar-refractivity contribution is 5.81. The van der Waals surface area contributed by atoms with E-state index >= 15 is 0 Å². The summed E-state index contributed by atoms with van der Waals surface area (Å²) in [5, 5.41) is 12.6. The number of nitrogens with one attached hydrogen (secondary N) is 1. The van der Waals surface area contributed by atoms with Gasteiger partial charge in [0.15, 0.2) is 0 Å². The largest absolute Gasteiger partial charge is 0.399 e. The minimum Gasteiger partial charge on any atom is -0.399 e. The molecular weight excluding hydrogens is 398 g/mol. The Morgan fingerprint density at radius 3 is 1.91 bits per heavy atom. The van der Waals surface area contributed by atoms with Crippen molar-refractivity contribution in [3.05, 3.63) is 59.7 Å². The summed E-state index contributed by atoms with van der Waals surface area (Å²) in [7, 11) is 0. The molecule has 1 fully saturated rings. The number of nitrogens with two attached hydrogens (primary N) is 2. The standard InChI is InChI=1S/C26H29N5O/c27-19-9-5-16(6-10-19)24-22-4-2-1-3-18(26(32)29-21-13-14-21)15-23(22)25(31-30-24)17-7-11-20(28)12-8-17/h5-12,18,21H,1-4,13-15,27-28H2,(H,29,32). The fourth-order valence-corrected chi connectivity index (χ4v) is 4.55. The van der Waals surface area contributed by atoms with Crippen molar-refractivity contribution in [2.75, 3.05) is 11.5 Å². The summed E-state index contributed by atoms with van der Waals surface area (Å²) in [6.07, 6.45) is 6.74. The predicted octanol–water partition coefficient (Wildman–Crippen LogP) is 4.14. The second-order valence-corrected chi connectivity index (χ2v) is 9.03. The van der Waals surface area contributed by atoms with Crippen LogP contribution in [0.25, 0.3) is 22.5 Å². The van der Waals surface area contributed by atoms with Crippen LogP contribution in [0, 0.1) is 5.92 Å². The van der Waals surface area contributed by atoms with Crippen molar-refractivity contribution in [2.24, 2.45) is 5.92 Å². The molecule has 0 spiro atoms. The lowest BCUT2D eigenvalue weighted by Crippen LogP contribution is -2.34. The highest BCUT2D eigenvalue weighted by Gasteiger charge is 2.30. The molecular formula is C26H29N5O. The van der Waals surface area contributed by atoms with Gasteiger partial charge in [-0.1, -0.05) is 30.7 Å². The minimum atomic E-state index is -0.0503. The van der Waals surface area contributed by atoms with Crippen LogP contribution >= 0.6 is 0 Å². The Morgan fingerprint density at radius 2 is 1.34 bits per heavy atom. The number of hydrogen-bond donors (Lipinski definition) is 3. The van der Waals surface area contributed by atoms with E-state index in [9.17, 15) is 4.79 Å². The molecule has 2 aliphatic carbocycles. The molecule has 1 atom stereocenters. The molecule has 1 heterocycles. The molecule has 0 aliphatic heterocycles. The number of rotatable bonds is 4. The number of carbonyl (C=O) groups excluding carboxylic acids is 1. The number of benzene rings is 2. The number of hydrogen-bond acceptors (Lipinski definition) is 5. The number of nitrogen functional groups attached to an aromatic ring is 2. The predicted molar refractivity (Wildman–Crippen MR) is 128 cm³/mol. The van der Waals surface area contributed by atoms with Crippen LogP contribution in [0.2, 0.25) is 0 Å². The molecule has 5 N–H and O–H groups in total. The summed E-state index contributed by atoms with van der Waals surface area (Å²) >= 11 is 0. The molecule has 2 aromatic carbocycles. The Bertz CT molecular complexity index is 1120. The van der Waals surface area contributed by atoms with E-state index in [4.69, 9.17) is 11.5 Å². The third-order valence-electron chi connectivity index (χ3n) is 6.53. The van der Waals surface area contributed by atoms with E-state index in [-0.39, 0.29) is 11.8 Å². The maximum Gasteiger partial charge on any atom is 0.223 e. The van der Waals surface area contributed by atoms with Gasteiger partial charge >= 0.3 is 0 Å². The molecule has 1 aromatic heterocycles. The summed E-state index contributed by atoms with van der Waals surface area (Å²) in [6, 6.07) is 15.9. The third-order valence-corrected chi connectivity index (χ3v) is 6.53. The Morgan fingerprint density at radius 1 is 0.781 bits per heavy atom. The van der Waals surface area contributed by atoms with Crippen molar-refractivity contribution in [3.8, 4) is 22.5 Å². The zero-order valence-electron chi connectivity index (χ0n) is 18.2. The topological polar surface area (TPSA) is 107 Å². The van der Waals surface area contributed by atoms with Crippen LogP contribution in [0.3, 0.4) is 0 Å². The molecule has 6 heteroatoms. The lowest BCUT2D eigenvalue weighted by molar-refractivity contribution is -0.125. The summed E-state index contributed by atoms with van der Waals surface area (Å²) in [4.78, 5) is 13.0. The fourth-order valence-electron chi connectivity index (χ4n) is 4.55. The first-order valence-electron chi connectivity index (χ1n) is 11.5. The zero-order valence-corrected chi connectivity index (χ0v) is 18.2. The van der Waals surface area contributed by atoms with E-state index in [0.717, 1.165) is 72.3 Å². The van der Waals surface area contributed by atoms with E-state index in [0.29, 0.717) is 18.2 Å². The van der Waals surface area contributed by atoms with Crippen molar-refractivity contribution in [1.82, 2.24) is 15.5 Å². The van der Waals surface area contributed by atoms with E-state index in [1.54, 1.807) is 0 Å². The smallest absolute Gasteiger partial charge is 0.223 e. The van der Waals surface area contributed by atoms with Crippen molar-refractivity contribution >= 4 is 17.3 Å².